The summed E-state index contributed by atoms with van der Waals surface area (Å²) in [6, 6.07) is 8.94. The summed E-state index contributed by atoms with van der Waals surface area (Å²) in [6.07, 6.45) is 2.81. The molecule has 2 aromatic heterocycles. The van der Waals surface area contributed by atoms with Gasteiger partial charge in [-0.15, -0.1) is 0 Å². The maximum atomic E-state index is 15.3. The van der Waals surface area contributed by atoms with Gasteiger partial charge in [0.1, 0.15) is 11.3 Å². The van der Waals surface area contributed by atoms with Gasteiger partial charge in [0.25, 0.3) is 6.01 Å². The van der Waals surface area contributed by atoms with Crippen molar-refractivity contribution in [3.8, 4) is 23.0 Å². The van der Waals surface area contributed by atoms with Crippen molar-refractivity contribution in [3.05, 3.63) is 55.0 Å². The number of imidazole rings is 1. The second-order valence-electron chi connectivity index (χ2n) is 10.5. The van der Waals surface area contributed by atoms with Crippen molar-refractivity contribution in [2.45, 2.75) is 26.8 Å². The van der Waals surface area contributed by atoms with E-state index in [9.17, 15) is 4.79 Å². The van der Waals surface area contributed by atoms with Gasteiger partial charge >= 0.3 is 0 Å². The number of aromatic nitrogens is 4. The number of halogens is 1. The van der Waals surface area contributed by atoms with Gasteiger partial charge < -0.3 is 29.9 Å². The van der Waals surface area contributed by atoms with E-state index in [0.717, 1.165) is 12.2 Å². The number of amides is 1. The fourth-order valence-corrected chi connectivity index (χ4v) is 4.62. The minimum absolute atomic E-state index is 0.00281. The van der Waals surface area contributed by atoms with Gasteiger partial charge in [0, 0.05) is 44.0 Å². The van der Waals surface area contributed by atoms with Gasteiger partial charge in [0.15, 0.2) is 5.82 Å². The number of anilines is 4. The number of likely N-dealkylation sites (N-methyl/N-ethyl adjacent to an activating group) is 2. The molecule has 0 saturated heterocycles. The Bertz CT molecular complexity index is 1620. The van der Waals surface area contributed by atoms with E-state index in [4.69, 9.17) is 9.47 Å². The molecule has 2 N–H and O–H groups in total. The van der Waals surface area contributed by atoms with Crippen LogP contribution in [0.25, 0.3) is 22.3 Å². The van der Waals surface area contributed by atoms with Crippen molar-refractivity contribution in [1.82, 2.24) is 24.4 Å². The number of fused-ring (bicyclic) bond motifs is 1. The molecule has 0 fully saturated rings. The number of hydrogen-bond acceptors (Lipinski definition) is 9. The van der Waals surface area contributed by atoms with Crippen LogP contribution in [0.3, 0.4) is 0 Å². The third-order valence-electron chi connectivity index (χ3n) is 6.76. The lowest BCUT2D eigenvalue weighted by Crippen LogP contribution is -2.29. The Labute approximate surface area is 251 Å². The van der Waals surface area contributed by atoms with Crippen LogP contribution in [0.1, 0.15) is 26.8 Å². The highest BCUT2D eigenvalue weighted by atomic mass is 19.1. The van der Waals surface area contributed by atoms with Gasteiger partial charge in [-0.3, -0.25) is 9.36 Å². The first-order valence-electron chi connectivity index (χ1n) is 14.0. The molecule has 0 radical (unpaired) electrons. The van der Waals surface area contributed by atoms with E-state index in [1.807, 2.05) is 63.5 Å². The molecule has 11 nitrogen and oxygen atoms in total. The van der Waals surface area contributed by atoms with Gasteiger partial charge in [0.05, 0.1) is 42.0 Å². The molecule has 43 heavy (non-hydrogen) atoms. The standard InChI is InChI=1S/C31H39FN8O3/c1-9-28(41)34-23-17-24(27(42-8)18-25(23)39(7)14-13-38(5)6)36-30-33-12-11-22(35-30)20-15-21(32)29-26(16-20)40(19(3)4)31(37-29)43-10-2/h9,11-12,15-19H,1,10,13-14H2,2-8H3,(H,34,41)(H,33,35,36). The molecule has 2 heterocycles. The molecule has 4 rings (SSSR count). The average Bonchev–Trinajstić information content (AvgIpc) is 3.35. The topological polar surface area (TPSA) is 110 Å². The molecule has 2 aromatic carbocycles. The Balaban J connectivity index is 1.73. The molecule has 0 bridgehead atoms. The zero-order valence-electron chi connectivity index (χ0n) is 25.7. The lowest BCUT2D eigenvalue weighted by atomic mass is 10.1. The van der Waals surface area contributed by atoms with E-state index in [1.54, 1.807) is 25.4 Å². The highest BCUT2D eigenvalue weighted by Crippen LogP contribution is 2.38. The molecule has 0 aliphatic rings. The van der Waals surface area contributed by atoms with Crippen LogP contribution in [0.4, 0.5) is 27.4 Å². The lowest BCUT2D eigenvalue weighted by molar-refractivity contribution is -0.111. The van der Waals surface area contributed by atoms with E-state index in [2.05, 4.69) is 37.1 Å². The summed E-state index contributed by atoms with van der Waals surface area (Å²) in [7, 11) is 7.51. The summed E-state index contributed by atoms with van der Waals surface area (Å²) in [6.45, 7) is 11.4. The van der Waals surface area contributed by atoms with Gasteiger partial charge in [-0.1, -0.05) is 6.58 Å². The van der Waals surface area contributed by atoms with E-state index in [-0.39, 0.29) is 23.4 Å². The van der Waals surface area contributed by atoms with Crippen molar-refractivity contribution in [2.24, 2.45) is 0 Å². The highest BCUT2D eigenvalue weighted by Gasteiger charge is 2.20. The largest absolute Gasteiger partial charge is 0.494 e. The lowest BCUT2D eigenvalue weighted by Gasteiger charge is -2.26. The van der Waals surface area contributed by atoms with Crippen molar-refractivity contribution in [3.63, 3.8) is 0 Å². The molecular weight excluding hydrogens is 551 g/mol. The maximum Gasteiger partial charge on any atom is 0.297 e. The fourth-order valence-electron chi connectivity index (χ4n) is 4.62. The average molecular weight is 591 g/mol. The Kier molecular flexibility index (Phi) is 9.81. The van der Waals surface area contributed by atoms with Crippen molar-refractivity contribution in [1.29, 1.82) is 0 Å². The number of carbonyl (C=O) groups is 1. The van der Waals surface area contributed by atoms with Crippen LogP contribution in [0.2, 0.25) is 0 Å². The van der Waals surface area contributed by atoms with Crippen LogP contribution in [0.15, 0.2) is 49.2 Å². The number of nitrogens with zero attached hydrogens (tertiary/aromatic N) is 6. The van der Waals surface area contributed by atoms with Crippen LogP contribution < -0.4 is 25.0 Å². The molecule has 228 valence electrons. The van der Waals surface area contributed by atoms with E-state index < -0.39 is 5.82 Å². The van der Waals surface area contributed by atoms with Crippen molar-refractivity contribution < 1.29 is 18.7 Å². The minimum Gasteiger partial charge on any atom is -0.494 e. The molecule has 0 spiro atoms. The maximum absolute atomic E-state index is 15.3. The normalized spacial score (nSPS) is 11.2. The second kappa shape index (κ2) is 13.5. The SMILES string of the molecule is C=CC(=O)Nc1cc(Nc2nccc(-c3cc(F)c4nc(OCC)n(C(C)C)c4c3)n2)c(OC)cc1N(C)CCN(C)C. The summed E-state index contributed by atoms with van der Waals surface area (Å²) in [5.74, 6) is -0.0335. The number of carbonyl (C=O) groups excluding carboxylic acids is 1. The number of methoxy groups -OCH3 is 1. The molecule has 0 saturated carbocycles. The van der Waals surface area contributed by atoms with Crippen molar-refractivity contribution in [2.75, 3.05) is 63.5 Å². The zero-order chi connectivity index (χ0) is 31.3. The zero-order valence-corrected chi connectivity index (χ0v) is 25.7. The third kappa shape index (κ3) is 7.03. The predicted molar refractivity (Wildman–Crippen MR) is 169 cm³/mol. The first-order valence-corrected chi connectivity index (χ1v) is 14.0. The summed E-state index contributed by atoms with van der Waals surface area (Å²) < 4.78 is 28.5. The van der Waals surface area contributed by atoms with Crippen molar-refractivity contribution >= 4 is 40.0 Å². The number of hydrogen-bond donors (Lipinski definition) is 2. The quantitative estimate of drug-likeness (QED) is 0.196. The molecule has 0 unspecified atom stereocenters. The molecule has 0 aliphatic heterocycles. The smallest absolute Gasteiger partial charge is 0.297 e. The monoisotopic (exact) mass is 590 g/mol. The van der Waals surface area contributed by atoms with E-state index >= 15 is 4.39 Å². The number of benzene rings is 2. The van der Waals surface area contributed by atoms with Crippen LogP contribution in [-0.4, -0.2) is 78.3 Å². The van der Waals surface area contributed by atoms with E-state index in [1.165, 1.54) is 12.1 Å². The van der Waals surface area contributed by atoms with Crippen LogP contribution in [0.5, 0.6) is 11.8 Å². The molecule has 4 aromatic rings. The van der Waals surface area contributed by atoms with Gasteiger partial charge in [-0.05, 0) is 65.2 Å². The molecule has 0 aliphatic carbocycles. The first kappa shape index (κ1) is 31.2. The highest BCUT2D eigenvalue weighted by molar-refractivity contribution is 6.02. The van der Waals surface area contributed by atoms with Gasteiger partial charge in [-0.25, -0.2) is 14.4 Å². The molecule has 1 amide bonds. The van der Waals surface area contributed by atoms with Crippen LogP contribution in [-0.2, 0) is 4.79 Å². The second-order valence-corrected chi connectivity index (χ2v) is 10.5. The summed E-state index contributed by atoms with van der Waals surface area (Å²) in [5.41, 5.74) is 3.78. The number of ether oxygens (including phenoxy) is 2. The first-order chi connectivity index (χ1) is 20.6. The minimum atomic E-state index is -0.473. The van der Waals surface area contributed by atoms with Crippen LogP contribution >= 0.6 is 0 Å². The van der Waals surface area contributed by atoms with Gasteiger partial charge in [0.2, 0.25) is 11.9 Å². The summed E-state index contributed by atoms with van der Waals surface area (Å²) >= 11 is 0. The Morgan fingerprint density at radius 1 is 1.14 bits per heavy atom. The fraction of sp³-hybridized carbons (Fsp3) is 0.355. The number of rotatable bonds is 13. The Hall–Kier alpha value is -4.71. The van der Waals surface area contributed by atoms with E-state index in [0.29, 0.717) is 53.1 Å². The molecular formula is C31H39FN8O3. The Morgan fingerprint density at radius 3 is 2.56 bits per heavy atom. The van der Waals surface area contributed by atoms with Crippen LogP contribution in [0, 0.1) is 5.82 Å². The third-order valence-corrected chi connectivity index (χ3v) is 6.76. The summed E-state index contributed by atoms with van der Waals surface area (Å²) in [4.78, 5) is 29.8. The Morgan fingerprint density at radius 2 is 1.91 bits per heavy atom. The molecule has 12 heteroatoms. The van der Waals surface area contributed by atoms with Gasteiger partial charge in [-0.2, -0.15) is 4.98 Å². The predicted octanol–water partition coefficient (Wildman–Crippen LogP) is 5.49. The molecule has 0 atom stereocenters. The number of nitrogens with one attached hydrogen (secondary N) is 2. The summed E-state index contributed by atoms with van der Waals surface area (Å²) in [5, 5.41) is 6.08.